The molecule has 2 fully saturated rings. The van der Waals surface area contributed by atoms with E-state index in [-0.39, 0.29) is 24.7 Å². The molecule has 1 saturated heterocycles. The van der Waals surface area contributed by atoms with Gasteiger partial charge in [-0.25, -0.2) is 0 Å². The SMILES string of the molecule is CSc1ccc(N2CC(C(=O)NC3(CC(=O)O)CCC3)CC2=O)cc1. The Balaban J connectivity index is 1.65. The standard InChI is InChI=1S/C18H22N2O4S/c1-25-14-5-3-13(4-6-14)20-11-12(9-15(20)21)17(24)19-18(7-2-8-18)10-16(22)23/h3-6,12H,2,7-11H2,1H3,(H,19,24)(H,22,23). The summed E-state index contributed by atoms with van der Waals surface area (Å²) in [6.07, 6.45) is 4.39. The molecular formula is C18H22N2O4S. The number of hydrogen-bond acceptors (Lipinski definition) is 4. The zero-order valence-electron chi connectivity index (χ0n) is 14.2. The van der Waals surface area contributed by atoms with Gasteiger partial charge in [-0.2, -0.15) is 0 Å². The molecule has 0 aromatic heterocycles. The lowest BCUT2D eigenvalue weighted by molar-refractivity contribution is -0.141. The van der Waals surface area contributed by atoms with Crippen LogP contribution in [0.15, 0.2) is 29.2 Å². The Morgan fingerprint density at radius 3 is 2.52 bits per heavy atom. The highest BCUT2D eigenvalue weighted by atomic mass is 32.2. The fraction of sp³-hybridized carbons (Fsp3) is 0.500. The van der Waals surface area contributed by atoms with E-state index in [1.54, 1.807) is 16.7 Å². The van der Waals surface area contributed by atoms with Crippen LogP contribution in [0.2, 0.25) is 0 Å². The zero-order chi connectivity index (χ0) is 18.0. The van der Waals surface area contributed by atoms with Gasteiger partial charge in [0.2, 0.25) is 11.8 Å². The maximum Gasteiger partial charge on any atom is 0.305 e. The van der Waals surface area contributed by atoms with E-state index < -0.39 is 17.4 Å². The summed E-state index contributed by atoms with van der Waals surface area (Å²) in [6, 6.07) is 7.69. The van der Waals surface area contributed by atoms with Crippen LogP contribution in [-0.4, -0.2) is 41.2 Å². The normalized spacial score (nSPS) is 21.7. The van der Waals surface area contributed by atoms with Crippen molar-refractivity contribution in [1.82, 2.24) is 5.32 Å². The van der Waals surface area contributed by atoms with Crippen LogP contribution in [0, 0.1) is 5.92 Å². The van der Waals surface area contributed by atoms with E-state index in [1.807, 2.05) is 30.5 Å². The molecule has 2 N–H and O–H groups in total. The Morgan fingerprint density at radius 2 is 2.00 bits per heavy atom. The second-order valence-corrected chi connectivity index (χ2v) is 7.68. The van der Waals surface area contributed by atoms with Crippen molar-refractivity contribution in [1.29, 1.82) is 0 Å². The molecular weight excluding hydrogens is 340 g/mol. The van der Waals surface area contributed by atoms with Crippen molar-refractivity contribution < 1.29 is 19.5 Å². The summed E-state index contributed by atoms with van der Waals surface area (Å²) in [6.45, 7) is 0.340. The summed E-state index contributed by atoms with van der Waals surface area (Å²) < 4.78 is 0. The third-order valence-corrected chi connectivity index (χ3v) is 5.81. The van der Waals surface area contributed by atoms with Crippen molar-refractivity contribution in [3.63, 3.8) is 0 Å². The number of nitrogens with zero attached hydrogens (tertiary/aromatic N) is 1. The van der Waals surface area contributed by atoms with Gasteiger partial charge in [-0.15, -0.1) is 11.8 Å². The summed E-state index contributed by atoms with van der Waals surface area (Å²) in [7, 11) is 0. The molecule has 0 bridgehead atoms. The number of benzene rings is 1. The van der Waals surface area contributed by atoms with E-state index in [0.717, 1.165) is 17.0 Å². The second kappa shape index (κ2) is 7.07. The first-order valence-electron chi connectivity index (χ1n) is 8.41. The van der Waals surface area contributed by atoms with Crippen LogP contribution in [0.3, 0.4) is 0 Å². The Hall–Kier alpha value is -2.02. The van der Waals surface area contributed by atoms with E-state index in [9.17, 15) is 14.4 Å². The van der Waals surface area contributed by atoms with Crippen LogP contribution in [0.25, 0.3) is 0 Å². The Labute approximate surface area is 151 Å². The molecule has 1 aliphatic heterocycles. The summed E-state index contributed by atoms with van der Waals surface area (Å²) in [5.41, 5.74) is 0.168. The predicted molar refractivity (Wildman–Crippen MR) is 95.7 cm³/mol. The minimum absolute atomic E-state index is 0.0563. The Kier molecular flexibility index (Phi) is 5.03. The molecule has 0 spiro atoms. The molecule has 1 heterocycles. The quantitative estimate of drug-likeness (QED) is 0.758. The molecule has 2 amide bonds. The number of carbonyl (C=O) groups is 3. The van der Waals surface area contributed by atoms with Crippen LogP contribution >= 0.6 is 11.8 Å². The van der Waals surface area contributed by atoms with Gasteiger partial charge in [0.15, 0.2) is 0 Å². The fourth-order valence-corrected chi connectivity index (χ4v) is 3.91. The van der Waals surface area contributed by atoms with Crippen LogP contribution in [0.5, 0.6) is 0 Å². The van der Waals surface area contributed by atoms with E-state index in [4.69, 9.17) is 5.11 Å². The van der Waals surface area contributed by atoms with Gasteiger partial charge in [0, 0.05) is 23.5 Å². The molecule has 3 rings (SSSR count). The average molecular weight is 362 g/mol. The minimum atomic E-state index is -0.905. The molecule has 1 saturated carbocycles. The smallest absolute Gasteiger partial charge is 0.305 e. The number of rotatable bonds is 6. The van der Waals surface area contributed by atoms with Crippen molar-refractivity contribution in [2.45, 2.75) is 42.5 Å². The average Bonchev–Trinajstić information content (AvgIpc) is 2.94. The van der Waals surface area contributed by atoms with Gasteiger partial charge in [-0.05, 0) is 49.8 Å². The molecule has 0 radical (unpaired) electrons. The molecule has 134 valence electrons. The topological polar surface area (TPSA) is 86.7 Å². The summed E-state index contributed by atoms with van der Waals surface area (Å²) in [5.74, 6) is -1.62. The van der Waals surface area contributed by atoms with Crippen molar-refractivity contribution in [2.24, 2.45) is 5.92 Å². The Morgan fingerprint density at radius 1 is 1.32 bits per heavy atom. The fourth-order valence-electron chi connectivity index (χ4n) is 3.50. The molecule has 1 aliphatic carbocycles. The maximum atomic E-state index is 12.6. The number of anilines is 1. The van der Waals surface area contributed by atoms with E-state index in [0.29, 0.717) is 19.4 Å². The van der Waals surface area contributed by atoms with Gasteiger partial charge >= 0.3 is 5.97 Å². The number of carboxylic acid groups (broad SMARTS) is 1. The van der Waals surface area contributed by atoms with E-state index in [1.165, 1.54) is 0 Å². The summed E-state index contributed by atoms with van der Waals surface area (Å²) in [5, 5.41) is 12.0. The minimum Gasteiger partial charge on any atom is -0.481 e. The number of nitrogens with one attached hydrogen (secondary N) is 1. The molecule has 6 nitrogen and oxygen atoms in total. The zero-order valence-corrected chi connectivity index (χ0v) is 15.0. The van der Waals surface area contributed by atoms with Crippen molar-refractivity contribution >= 4 is 35.2 Å². The number of carboxylic acids is 1. The lowest BCUT2D eigenvalue weighted by Crippen LogP contribution is -2.56. The highest BCUT2D eigenvalue weighted by Crippen LogP contribution is 2.36. The van der Waals surface area contributed by atoms with Gasteiger partial charge in [0.05, 0.1) is 17.9 Å². The van der Waals surface area contributed by atoms with Crippen molar-refractivity contribution in [2.75, 3.05) is 17.7 Å². The molecule has 1 unspecified atom stereocenters. The molecule has 1 aromatic carbocycles. The third kappa shape index (κ3) is 3.81. The number of aliphatic carboxylic acids is 1. The van der Waals surface area contributed by atoms with E-state index >= 15 is 0 Å². The highest BCUT2D eigenvalue weighted by molar-refractivity contribution is 7.98. The number of hydrogen-bond donors (Lipinski definition) is 2. The second-order valence-electron chi connectivity index (χ2n) is 6.80. The molecule has 25 heavy (non-hydrogen) atoms. The summed E-state index contributed by atoms with van der Waals surface area (Å²) >= 11 is 1.63. The van der Waals surface area contributed by atoms with Crippen LogP contribution < -0.4 is 10.2 Å². The van der Waals surface area contributed by atoms with E-state index in [2.05, 4.69) is 5.32 Å². The molecule has 1 atom stereocenters. The lowest BCUT2D eigenvalue weighted by Gasteiger charge is -2.42. The number of carbonyl (C=O) groups excluding carboxylic acids is 2. The van der Waals surface area contributed by atoms with Gasteiger partial charge in [-0.3, -0.25) is 14.4 Å². The van der Waals surface area contributed by atoms with Crippen LogP contribution in [0.1, 0.15) is 32.1 Å². The molecule has 7 heteroatoms. The van der Waals surface area contributed by atoms with Crippen LogP contribution in [-0.2, 0) is 14.4 Å². The number of thioether (sulfide) groups is 1. The van der Waals surface area contributed by atoms with Gasteiger partial charge in [-0.1, -0.05) is 0 Å². The molecule has 2 aliphatic rings. The summed E-state index contributed by atoms with van der Waals surface area (Å²) in [4.78, 5) is 38.7. The first-order chi connectivity index (χ1) is 11.9. The van der Waals surface area contributed by atoms with Gasteiger partial charge in [0.25, 0.3) is 0 Å². The van der Waals surface area contributed by atoms with Gasteiger partial charge < -0.3 is 15.3 Å². The van der Waals surface area contributed by atoms with Gasteiger partial charge in [0.1, 0.15) is 0 Å². The number of amides is 2. The highest BCUT2D eigenvalue weighted by Gasteiger charge is 2.43. The van der Waals surface area contributed by atoms with Crippen molar-refractivity contribution in [3.8, 4) is 0 Å². The molecule has 1 aromatic rings. The van der Waals surface area contributed by atoms with Crippen LogP contribution in [0.4, 0.5) is 5.69 Å². The largest absolute Gasteiger partial charge is 0.481 e. The maximum absolute atomic E-state index is 12.6. The first kappa shape index (κ1) is 17.8. The predicted octanol–water partition coefficient (Wildman–Crippen LogP) is 2.28. The Bertz CT molecular complexity index is 685. The van der Waals surface area contributed by atoms with Crippen molar-refractivity contribution in [3.05, 3.63) is 24.3 Å². The first-order valence-corrected chi connectivity index (χ1v) is 9.63. The third-order valence-electron chi connectivity index (χ3n) is 5.07. The monoisotopic (exact) mass is 362 g/mol. The lowest BCUT2D eigenvalue weighted by atomic mass is 9.74.